The van der Waals surface area contributed by atoms with E-state index in [2.05, 4.69) is 4.98 Å². The summed E-state index contributed by atoms with van der Waals surface area (Å²) in [6, 6.07) is 8.52. The van der Waals surface area contributed by atoms with Gasteiger partial charge in [0.1, 0.15) is 0 Å². The highest BCUT2D eigenvalue weighted by molar-refractivity contribution is 7.89. The Kier molecular flexibility index (Phi) is 5.80. The number of nitrogens with zero attached hydrogens (tertiary/aromatic N) is 2. The van der Waals surface area contributed by atoms with Crippen molar-refractivity contribution in [3.8, 4) is 5.88 Å². The number of alkyl halides is 3. The molecule has 0 saturated carbocycles. The van der Waals surface area contributed by atoms with Crippen molar-refractivity contribution in [2.45, 2.75) is 23.9 Å². The zero-order valence-electron chi connectivity index (χ0n) is 14.9. The average molecular weight is 415 g/mol. The summed E-state index contributed by atoms with van der Waals surface area (Å²) < 4.78 is 68.4. The molecule has 10 heteroatoms. The Bertz CT molecular complexity index is 913. The first-order valence-electron chi connectivity index (χ1n) is 8.67. The Labute approximate surface area is 161 Å². The number of rotatable bonds is 5. The Hall–Kier alpha value is -2.33. The van der Waals surface area contributed by atoms with Crippen LogP contribution in [0.4, 0.5) is 18.9 Å². The van der Waals surface area contributed by atoms with E-state index in [4.69, 9.17) is 9.88 Å². The van der Waals surface area contributed by atoms with Crippen LogP contribution in [0, 0.1) is 5.92 Å². The second kappa shape index (κ2) is 7.96. The number of hydrogen-bond acceptors (Lipinski definition) is 5. The molecule has 0 spiro atoms. The molecule has 3 rings (SSSR count). The van der Waals surface area contributed by atoms with Gasteiger partial charge in [0, 0.05) is 31.0 Å². The highest BCUT2D eigenvalue weighted by Gasteiger charge is 2.37. The minimum absolute atomic E-state index is 0.268. The fourth-order valence-corrected chi connectivity index (χ4v) is 3.92. The molecule has 1 fully saturated rings. The summed E-state index contributed by atoms with van der Waals surface area (Å²) in [5.41, 5.74) is -0.920. The highest BCUT2D eigenvalue weighted by atomic mass is 32.2. The predicted octanol–water partition coefficient (Wildman–Crippen LogP) is 3.04. The zero-order valence-corrected chi connectivity index (χ0v) is 15.7. The second-order valence-corrected chi connectivity index (χ2v) is 8.16. The maximum absolute atomic E-state index is 13.3. The topological polar surface area (TPSA) is 85.5 Å². The van der Waals surface area contributed by atoms with E-state index in [1.165, 1.54) is 6.07 Å². The van der Waals surface area contributed by atoms with Gasteiger partial charge in [-0.05, 0) is 43.0 Å². The molecule has 6 nitrogen and oxygen atoms in total. The van der Waals surface area contributed by atoms with Crippen LogP contribution in [0.25, 0.3) is 0 Å². The van der Waals surface area contributed by atoms with E-state index in [0.717, 1.165) is 25.0 Å². The number of pyridine rings is 1. The monoisotopic (exact) mass is 415 g/mol. The Morgan fingerprint density at radius 3 is 2.46 bits per heavy atom. The van der Waals surface area contributed by atoms with Crippen LogP contribution in [0.15, 0.2) is 47.5 Å². The SMILES string of the molecule is NS(=O)(=O)c1ccc(N2CCC(COc3ccccn3)CC2)cc1C(F)(F)F. The third-order valence-corrected chi connectivity index (χ3v) is 5.63. The van der Waals surface area contributed by atoms with Gasteiger partial charge in [-0.25, -0.2) is 18.5 Å². The second-order valence-electron chi connectivity index (χ2n) is 6.63. The number of primary sulfonamides is 1. The molecule has 0 bridgehead atoms. The first kappa shape index (κ1) is 20.4. The van der Waals surface area contributed by atoms with Crippen LogP contribution in [0.3, 0.4) is 0 Å². The number of hydrogen-bond donors (Lipinski definition) is 1. The van der Waals surface area contributed by atoms with Gasteiger partial charge in [-0.15, -0.1) is 0 Å². The van der Waals surface area contributed by atoms with Gasteiger partial charge in [-0.2, -0.15) is 13.2 Å². The Morgan fingerprint density at radius 1 is 1.18 bits per heavy atom. The maximum Gasteiger partial charge on any atom is 0.417 e. The summed E-state index contributed by atoms with van der Waals surface area (Å²) in [6.07, 6.45) is -1.69. The number of aromatic nitrogens is 1. The molecule has 1 aliphatic rings. The summed E-state index contributed by atoms with van der Waals surface area (Å²) >= 11 is 0. The van der Waals surface area contributed by atoms with E-state index in [9.17, 15) is 21.6 Å². The molecule has 0 unspecified atom stereocenters. The molecule has 2 heterocycles. The minimum Gasteiger partial charge on any atom is -0.477 e. The predicted molar refractivity (Wildman–Crippen MR) is 97.5 cm³/mol. The van der Waals surface area contributed by atoms with E-state index >= 15 is 0 Å². The van der Waals surface area contributed by atoms with Crippen molar-refractivity contribution < 1.29 is 26.3 Å². The van der Waals surface area contributed by atoms with E-state index in [0.29, 0.717) is 31.3 Å². The lowest BCUT2D eigenvalue weighted by molar-refractivity contribution is -0.139. The van der Waals surface area contributed by atoms with E-state index in [-0.39, 0.29) is 5.92 Å². The molecule has 1 aliphatic heterocycles. The van der Waals surface area contributed by atoms with Gasteiger partial charge in [0.25, 0.3) is 0 Å². The summed E-state index contributed by atoms with van der Waals surface area (Å²) in [6.45, 7) is 1.58. The van der Waals surface area contributed by atoms with Gasteiger partial charge in [-0.3, -0.25) is 0 Å². The summed E-state index contributed by atoms with van der Waals surface area (Å²) in [4.78, 5) is 4.98. The van der Waals surface area contributed by atoms with E-state index in [1.54, 1.807) is 23.2 Å². The van der Waals surface area contributed by atoms with Crippen molar-refractivity contribution in [2.75, 3.05) is 24.6 Å². The molecule has 2 aromatic rings. The summed E-state index contributed by atoms with van der Waals surface area (Å²) in [5.74, 6) is 0.808. The fraction of sp³-hybridized carbons (Fsp3) is 0.389. The van der Waals surface area contributed by atoms with Gasteiger partial charge >= 0.3 is 6.18 Å². The van der Waals surface area contributed by atoms with Gasteiger partial charge < -0.3 is 9.64 Å². The molecule has 1 aromatic heterocycles. The van der Waals surface area contributed by atoms with E-state index in [1.807, 2.05) is 6.07 Å². The molecule has 0 radical (unpaired) electrons. The van der Waals surface area contributed by atoms with Gasteiger partial charge in [0.15, 0.2) is 0 Å². The third kappa shape index (κ3) is 4.93. The molecule has 0 amide bonds. The smallest absolute Gasteiger partial charge is 0.417 e. The molecule has 1 saturated heterocycles. The Balaban J connectivity index is 1.67. The van der Waals surface area contributed by atoms with Gasteiger partial charge in [0.05, 0.1) is 17.1 Å². The summed E-state index contributed by atoms with van der Waals surface area (Å²) in [7, 11) is -4.47. The van der Waals surface area contributed by atoms with Gasteiger partial charge in [-0.1, -0.05) is 6.07 Å². The normalized spacial score (nSPS) is 16.2. The number of nitrogens with two attached hydrogens (primary N) is 1. The lowest BCUT2D eigenvalue weighted by Gasteiger charge is -2.34. The van der Waals surface area contributed by atoms with Crippen molar-refractivity contribution in [2.24, 2.45) is 11.1 Å². The quantitative estimate of drug-likeness (QED) is 0.811. The maximum atomic E-state index is 13.3. The average Bonchev–Trinajstić information content (AvgIpc) is 2.66. The molecule has 0 aliphatic carbocycles. The van der Waals surface area contributed by atoms with Crippen LogP contribution < -0.4 is 14.8 Å². The lowest BCUT2D eigenvalue weighted by atomic mass is 9.97. The molecule has 152 valence electrons. The van der Waals surface area contributed by atoms with Crippen LogP contribution in [0.1, 0.15) is 18.4 Å². The van der Waals surface area contributed by atoms with Crippen molar-refractivity contribution in [1.29, 1.82) is 0 Å². The van der Waals surface area contributed by atoms with Crippen molar-refractivity contribution in [3.05, 3.63) is 48.2 Å². The third-order valence-electron chi connectivity index (χ3n) is 4.66. The largest absolute Gasteiger partial charge is 0.477 e. The standard InChI is InChI=1S/C18H20F3N3O3S/c19-18(20,21)15-11-14(4-5-16(15)28(22,25)26)24-9-6-13(7-10-24)12-27-17-3-1-2-8-23-17/h1-5,8,11,13H,6-7,9-10,12H2,(H2,22,25,26). The number of piperidine rings is 1. The van der Waals surface area contributed by atoms with Crippen LogP contribution in [-0.2, 0) is 16.2 Å². The molecular formula is C18H20F3N3O3S. The number of benzene rings is 1. The number of sulfonamides is 1. The fourth-order valence-electron chi connectivity index (χ4n) is 3.18. The molecule has 0 atom stereocenters. The molecule has 1 aromatic carbocycles. The van der Waals surface area contributed by atoms with Crippen LogP contribution in [-0.4, -0.2) is 33.1 Å². The molecule has 28 heavy (non-hydrogen) atoms. The summed E-state index contributed by atoms with van der Waals surface area (Å²) in [5, 5.41) is 4.92. The van der Waals surface area contributed by atoms with Crippen LogP contribution in [0.5, 0.6) is 5.88 Å². The minimum atomic E-state index is -4.81. The van der Waals surface area contributed by atoms with Crippen molar-refractivity contribution in [1.82, 2.24) is 4.98 Å². The number of halogens is 3. The van der Waals surface area contributed by atoms with Crippen molar-refractivity contribution >= 4 is 15.7 Å². The lowest BCUT2D eigenvalue weighted by Crippen LogP contribution is -2.35. The van der Waals surface area contributed by atoms with E-state index < -0.39 is 26.7 Å². The number of anilines is 1. The first-order valence-corrected chi connectivity index (χ1v) is 10.2. The highest BCUT2D eigenvalue weighted by Crippen LogP contribution is 2.37. The first-order chi connectivity index (χ1) is 13.1. The molecule has 2 N–H and O–H groups in total. The van der Waals surface area contributed by atoms with Crippen LogP contribution in [0.2, 0.25) is 0 Å². The molecular weight excluding hydrogens is 395 g/mol. The van der Waals surface area contributed by atoms with Gasteiger partial charge in [0.2, 0.25) is 15.9 Å². The Morgan fingerprint density at radius 2 is 1.89 bits per heavy atom. The van der Waals surface area contributed by atoms with Crippen molar-refractivity contribution in [3.63, 3.8) is 0 Å². The zero-order chi connectivity index (χ0) is 20.4. The van der Waals surface area contributed by atoms with Crippen LogP contribution >= 0.6 is 0 Å². The number of ether oxygens (including phenoxy) is 1.